The lowest BCUT2D eigenvalue weighted by molar-refractivity contribution is 0.283. The van der Waals surface area contributed by atoms with Crippen molar-refractivity contribution >= 4 is 11.0 Å². The molecule has 1 heterocycles. The van der Waals surface area contributed by atoms with Crippen molar-refractivity contribution in [1.82, 2.24) is 9.55 Å². The van der Waals surface area contributed by atoms with Crippen molar-refractivity contribution in [2.45, 2.75) is 39.8 Å². The van der Waals surface area contributed by atoms with Gasteiger partial charge in [-0.15, -0.1) is 0 Å². The minimum absolute atomic E-state index is 0.446. The normalized spacial score (nSPS) is 11.0. The first-order valence-corrected chi connectivity index (χ1v) is 11.0. The maximum atomic E-state index is 6.16. The van der Waals surface area contributed by atoms with Gasteiger partial charge in [0.05, 0.1) is 24.8 Å². The van der Waals surface area contributed by atoms with Crippen LogP contribution in [0.2, 0.25) is 0 Å². The van der Waals surface area contributed by atoms with Crippen molar-refractivity contribution in [3.8, 4) is 17.2 Å². The van der Waals surface area contributed by atoms with Gasteiger partial charge in [-0.2, -0.15) is 0 Å². The van der Waals surface area contributed by atoms with Gasteiger partial charge in [0.25, 0.3) is 0 Å². The number of fused-ring (bicyclic) bond motifs is 1. The number of methoxy groups -OCH3 is 1. The van der Waals surface area contributed by atoms with E-state index >= 15 is 0 Å². The third-order valence-corrected chi connectivity index (χ3v) is 5.54. The molecule has 0 atom stereocenters. The summed E-state index contributed by atoms with van der Waals surface area (Å²) in [7, 11) is 1.66. The number of unbranched alkanes of at least 4 members (excludes halogenated alkanes) is 1. The average Bonchev–Trinajstić information content (AvgIpc) is 3.17. The second-order valence-electron chi connectivity index (χ2n) is 7.96. The van der Waals surface area contributed by atoms with Gasteiger partial charge in [-0.1, -0.05) is 24.3 Å². The Morgan fingerprint density at radius 1 is 0.844 bits per heavy atom. The molecule has 32 heavy (non-hydrogen) atoms. The highest BCUT2D eigenvalue weighted by atomic mass is 16.5. The summed E-state index contributed by atoms with van der Waals surface area (Å²) in [6, 6.07) is 22.2. The van der Waals surface area contributed by atoms with E-state index in [2.05, 4.69) is 54.8 Å². The van der Waals surface area contributed by atoms with Crippen molar-refractivity contribution in [2.24, 2.45) is 0 Å². The van der Waals surface area contributed by atoms with Crippen LogP contribution in [-0.4, -0.2) is 23.3 Å². The fourth-order valence-electron chi connectivity index (χ4n) is 3.72. The Balaban J connectivity index is 1.38. The molecule has 0 radical (unpaired) electrons. The first-order valence-electron chi connectivity index (χ1n) is 11.0. The number of aryl methyl sites for hydroxylation is 3. The molecule has 5 nitrogen and oxygen atoms in total. The van der Waals surface area contributed by atoms with Gasteiger partial charge in [0, 0.05) is 6.54 Å². The predicted molar refractivity (Wildman–Crippen MR) is 128 cm³/mol. The summed E-state index contributed by atoms with van der Waals surface area (Å²) in [6.45, 7) is 6.14. The third kappa shape index (κ3) is 5.22. The molecule has 3 aromatic carbocycles. The van der Waals surface area contributed by atoms with Crippen LogP contribution >= 0.6 is 0 Å². The monoisotopic (exact) mass is 430 g/mol. The van der Waals surface area contributed by atoms with Gasteiger partial charge in [0.1, 0.15) is 29.7 Å². The van der Waals surface area contributed by atoms with Crippen molar-refractivity contribution in [3.05, 3.63) is 83.7 Å². The largest absolute Gasteiger partial charge is 0.497 e. The topological polar surface area (TPSA) is 45.5 Å². The Bertz CT molecular complexity index is 1170. The molecule has 4 aromatic rings. The lowest BCUT2D eigenvalue weighted by Gasteiger charge is -2.13. The second kappa shape index (κ2) is 10.2. The molecule has 0 aliphatic carbocycles. The number of rotatable bonds is 10. The summed E-state index contributed by atoms with van der Waals surface area (Å²) in [5.74, 6) is 3.56. The van der Waals surface area contributed by atoms with Crippen LogP contribution in [0, 0.1) is 13.8 Å². The van der Waals surface area contributed by atoms with Gasteiger partial charge < -0.3 is 18.8 Å². The lowest BCUT2D eigenvalue weighted by Crippen LogP contribution is -2.09. The molecule has 5 heteroatoms. The number of aromatic nitrogens is 2. The number of imidazole rings is 1. The van der Waals surface area contributed by atoms with E-state index in [0.717, 1.165) is 59.1 Å². The van der Waals surface area contributed by atoms with Crippen LogP contribution < -0.4 is 14.2 Å². The maximum Gasteiger partial charge on any atom is 0.147 e. The lowest BCUT2D eigenvalue weighted by atomic mass is 10.1. The van der Waals surface area contributed by atoms with Crippen LogP contribution in [0.25, 0.3) is 11.0 Å². The van der Waals surface area contributed by atoms with E-state index in [1.54, 1.807) is 7.11 Å². The maximum absolute atomic E-state index is 6.16. The first kappa shape index (κ1) is 21.8. The van der Waals surface area contributed by atoms with Gasteiger partial charge in [-0.05, 0) is 80.3 Å². The number of hydrogen-bond acceptors (Lipinski definition) is 4. The zero-order valence-corrected chi connectivity index (χ0v) is 19.0. The van der Waals surface area contributed by atoms with Gasteiger partial charge in [0.2, 0.25) is 0 Å². The molecule has 0 amide bonds. The molecule has 0 unspecified atom stereocenters. The van der Waals surface area contributed by atoms with Gasteiger partial charge >= 0.3 is 0 Å². The fourth-order valence-corrected chi connectivity index (χ4v) is 3.72. The minimum atomic E-state index is 0.446. The zero-order valence-electron chi connectivity index (χ0n) is 19.0. The third-order valence-electron chi connectivity index (χ3n) is 5.54. The number of para-hydroxylation sites is 2. The number of ether oxygens (including phenoxy) is 3. The van der Waals surface area contributed by atoms with E-state index in [4.69, 9.17) is 19.2 Å². The summed E-state index contributed by atoms with van der Waals surface area (Å²) in [6.07, 6.45) is 1.95. The highest BCUT2D eigenvalue weighted by Gasteiger charge is 2.12. The number of nitrogens with zero attached hydrogens (tertiary/aromatic N) is 2. The smallest absolute Gasteiger partial charge is 0.147 e. The molecular weight excluding hydrogens is 400 g/mol. The SMILES string of the molecule is COc1ccc(OCCCCn2c(COc3cc(C)ccc3C)nc3ccccc32)cc1. The van der Waals surface area contributed by atoms with Gasteiger partial charge in [-0.25, -0.2) is 4.98 Å². The Kier molecular flexibility index (Phi) is 6.95. The van der Waals surface area contributed by atoms with Crippen molar-refractivity contribution in [2.75, 3.05) is 13.7 Å². The Hall–Kier alpha value is -3.47. The van der Waals surface area contributed by atoms with Crippen LogP contribution in [0.1, 0.15) is 29.8 Å². The Morgan fingerprint density at radius 3 is 2.44 bits per heavy atom. The molecule has 0 spiro atoms. The molecule has 0 saturated heterocycles. The highest BCUT2D eigenvalue weighted by molar-refractivity contribution is 5.75. The van der Waals surface area contributed by atoms with Gasteiger partial charge in [-0.3, -0.25) is 0 Å². The summed E-state index contributed by atoms with van der Waals surface area (Å²) in [4.78, 5) is 4.84. The Labute approximate surface area is 189 Å². The van der Waals surface area contributed by atoms with E-state index in [1.807, 2.05) is 30.3 Å². The molecule has 0 N–H and O–H groups in total. The van der Waals surface area contributed by atoms with Crippen LogP contribution in [0.5, 0.6) is 17.2 Å². The number of benzene rings is 3. The van der Waals surface area contributed by atoms with E-state index in [-0.39, 0.29) is 0 Å². The molecule has 0 bridgehead atoms. The molecular formula is C27H30N2O3. The molecule has 4 rings (SSSR count). The van der Waals surface area contributed by atoms with E-state index < -0.39 is 0 Å². The molecule has 1 aromatic heterocycles. The fraction of sp³-hybridized carbons (Fsp3) is 0.296. The van der Waals surface area contributed by atoms with Crippen molar-refractivity contribution < 1.29 is 14.2 Å². The molecule has 0 fully saturated rings. The molecule has 0 saturated carbocycles. The summed E-state index contributed by atoms with van der Waals surface area (Å²) in [5, 5.41) is 0. The van der Waals surface area contributed by atoms with Gasteiger partial charge in [0.15, 0.2) is 0 Å². The second-order valence-corrected chi connectivity index (χ2v) is 7.96. The van der Waals surface area contributed by atoms with Crippen LogP contribution in [-0.2, 0) is 13.2 Å². The van der Waals surface area contributed by atoms with Crippen molar-refractivity contribution in [3.63, 3.8) is 0 Å². The number of hydrogen-bond donors (Lipinski definition) is 0. The predicted octanol–water partition coefficient (Wildman–Crippen LogP) is 6.10. The quantitative estimate of drug-likeness (QED) is 0.285. The summed E-state index contributed by atoms with van der Waals surface area (Å²) in [5.41, 5.74) is 4.47. The molecule has 0 aliphatic rings. The molecule has 0 aliphatic heterocycles. The van der Waals surface area contributed by atoms with E-state index in [1.165, 1.54) is 5.56 Å². The average molecular weight is 431 g/mol. The molecule has 166 valence electrons. The standard InChI is InChI=1S/C27H30N2O3/c1-20-10-11-21(2)26(18-20)32-19-27-28-24-8-4-5-9-25(24)29(27)16-6-7-17-31-23-14-12-22(30-3)13-15-23/h4-5,8-15,18H,6-7,16-17,19H2,1-3H3. The zero-order chi connectivity index (χ0) is 22.3. The van der Waals surface area contributed by atoms with E-state index in [9.17, 15) is 0 Å². The van der Waals surface area contributed by atoms with Crippen LogP contribution in [0.15, 0.2) is 66.7 Å². The van der Waals surface area contributed by atoms with Crippen molar-refractivity contribution in [1.29, 1.82) is 0 Å². The highest BCUT2D eigenvalue weighted by Crippen LogP contribution is 2.23. The van der Waals surface area contributed by atoms with E-state index in [0.29, 0.717) is 13.2 Å². The minimum Gasteiger partial charge on any atom is -0.497 e. The summed E-state index contributed by atoms with van der Waals surface area (Å²) < 4.78 is 19.5. The first-order chi connectivity index (χ1) is 15.6. The summed E-state index contributed by atoms with van der Waals surface area (Å²) >= 11 is 0. The van der Waals surface area contributed by atoms with Crippen LogP contribution in [0.3, 0.4) is 0 Å². The Morgan fingerprint density at radius 2 is 1.62 bits per heavy atom. The van der Waals surface area contributed by atoms with Crippen LogP contribution in [0.4, 0.5) is 0 Å².